The summed E-state index contributed by atoms with van der Waals surface area (Å²) in [6.45, 7) is 2.70. The lowest BCUT2D eigenvalue weighted by atomic mass is 9.92. The van der Waals surface area contributed by atoms with Crippen LogP contribution in [0.5, 0.6) is 17.5 Å². The Morgan fingerprint density at radius 1 is 1.15 bits per heavy atom. The van der Waals surface area contributed by atoms with Crippen LogP contribution in [-0.4, -0.2) is 64.7 Å². The van der Waals surface area contributed by atoms with Gasteiger partial charge in [-0.05, 0) is 50.6 Å². The number of carbonyl (C=O) groups is 1. The molecular weight excluding hydrogens is 461 g/mol. The summed E-state index contributed by atoms with van der Waals surface area (Å²) < 4.78 is 37.7. The van der Waals surface area contributed by atoms with Crippen LogP contribution in [0.1, 0.15) is 37.7 Å². The quantitative estimate of drug-likeness (QED) is 0.538. The van der Waals surface area contributed by atoms with Crippen molar-refractivity contribution in [2.45, 2.75) is 68.2 Å². The highest BCUT2D eigenvalue weighted by atomic mass is 32.2. The highest BCUT2D eigenvalue weighted by Gasteiger charge is 2.44. The van der Waals surface area contributed by atoms with Crippen molar-refractivity contribution in [3.63, 3.8) is 0 Å². The summed E-state index contributed by atoms with van der Waals surface area (Å²) in [5, 5.41) is 0. The minimum absolute atomic E-state index is 0.0481. The molecule has 2 bridgehead atoms. The summed E-state index contributed by atoms with van der Waals surface area (Å²) >= 11 is 1.46. The summed E-state index contributed by atoms with van der Waals surface area (Å²) in [5.41, 5.74) is 0.587. The second-order valence-corrected chi connectivity index (χ2v) is 9.79. The fraction of sp³-hybridized carbons (Fsp3) is 0.542. The van der Waals surface area contributed by atoms with Crippen LogP contribution < -0.4 is 9.47 Å². The smallest absolute Gasteiger partial charge is 0.410 e. The van der Waals surface area contributed by atoms with Crippen LogP contribution in [0.4, 0.5) is 9.18 Å². The Labute approximate surface area is 202 Å². The molecule has 2 aromatic rings. The molecule has 0 spiro atoms. The maximum absolute atomic E-state index is 14.4. The molecule has 1 amide bonds. The topological polar surface area (TPSA) is 83.0 Å². The predicted octanol–water partition coefficient (Wildman–Crippen LogP) is 4.74. The van der Waals surface area contributed by atoms with Crippen molar-refractivity contribution >= 4 is 17.9 Å². The van der Waals surface area contributed by atoms with Gasteiger partial charge in [-0.3, -0.25) is 4.90 Å². The molecule has 1 saturated carbocycles. The average Bonchev–Trinajstić information content (AvgIpc) is 2.79. The lowest BCUT2D eigenvalue weighted by molar-refractivity contribution is -0.0984. The highest BCUT2D eigenvalue weighted by molar-refractivity contribution is 7.98. The Bertz CT molecular complexity index is 1040. The second-order valence-electron chi connectivity index (χ2n) is 8.91. The van der Waals surface area contributed by atoms with E-state index in [2.05, 4.69) is 9.97 Å². The van der Waals surface area contributed by atoms with Gasteiger partial charge in [0.15, 0.2) is 11.6 Å². The van der Waals surface area contributed by atoms with Crippen LogP contribution in [0.3, 0.4) is 0 Å². The third-order valence-corrected chi connectivity index (χ3v) is 7.35. The predicted molar refractivity (Wildman–Crippen MR) is 123 cm³/mol. The molecule has 1 aliphatic carbocycles. The molecule has 1 aromatic carbocycles. The van der Waals surface area contributed by atoms with Gasteiger partial charge in [0.25, 0.3) is 0 Å². The lowest BCUT2D eigenvalue weighted by Crippen LogP contribution is -2.61. The molecule has 0 N–H and O–H groups in total. The number of benzene rings is 1. The first kappa shape index (κ1) is 23.2. The van der Waals surface area contributed by atoms with E-state index in [1.54, 1.807) is 19.1 Å². The maximum atomic E-state index is 14.4. The number of hydrogen-bond acceptors (Lipinski definition) is 8. The SMILES string of the molecule is CSc1ccc(Oc2ncnc(OC3CC4COCC(C3)N4C(=O)OC3CCC3)c2C)c(F)c1. The molecule has 34 heavy (non-hydrogen) atoms. The number of carbonyl (C=O) groups excluding carboxylic acids is 1. The minimum Gasteiger partial charge on any atom is -0.474 e. The van der Waals surface area contributed by atoms with Crippen molar-refractivity contribution in [2.24, 2.45) is 0 Å². The van der Waals surface area contributed by atoms with Gasteiger partial charge in [0.1, 0.15) is 18.5 Å². The molecule has 182 valence electrons. The van der Waals surface area contributed by atoms with Crippen LogP contribution in [0, 0.1) is 12.7 Å². The Kier molecular flexibility index (Phi) is 6.78. The van der Waals surface area contributed by atoms with E-state index in [1.165, 1.54) is 24.2 Å². The Morgan fingerprint density at radius 2 is 1.88 bits per heavy atom. The van der Waals surface area contributed by atoms with E-state index in [0.29, 0.717) is 37.5 Å². The molecule has 2 atom stereocenters. The maximum Gasteiger partial charge on any atom is 0.410 e. The summed E-state index contributed by atoms with van der Waals surface area (Å²) in [6, 6.07) is 4.60. The van der Waals surface area contributed by atoms with Crippen molar-refractivity contribution in [1.82, 2.24) is 14.9 Å². The zero-order valence-corrected chi connectivity index (χ0v) is 20.1. The molecule has 8 nitrogen and oxygen atoms in total. The van der Waals surface area contributed by atoms with Crippen molar-refractivity contribution in [3.05, 3.63) is 35.9 Å². The number of aromatic nitrogens is 2. The fourth-order valence-electron chi connectivity index (χ4n) is 4.55. The first-order valence-electron chi connectivity index (χ1n) is 11.6. The third kappa shape index (κ3) is 4.79. The van der Waals surface area contributed by atoms with Gasteiger partial charge in [0.2, 0.25) is 11.8 Å². The van der Waals surface area contributed by atoms with Crippen LogP contribution in [0.15, 0.2) is 29.4 Å². The van der Waals surface area contributed by atoms with E-state index < -0.39 is 5.82 Å². The van der Waals surface area contributed by atoms with E-state index in [-0.39, 0.29) is 42.0 Å². The number of halogens is 1. The standard InChI is InChI=1S/C24H28FN3O5S/c1-14-22(26-13-27-23(14)33-21-7-6-19(34-2)10-20(21)25)31-18-8-15-11-30-12-16(9-18)28(15)24(29)32-17-4-3-5-17/h6-7,10,13,15-18H,3-5,8-9,11-12H2,1-2H3. The van der Waals surface area contributed by atoms with Crippen molar-refractivity contribution < 1.29 is 28.1 Å². The molecule has 2 saturated heterocycles. The molecule has 5 rings (SSSR count). The Hall–Kier alpha value is -2.59. The largest absolute Gasteiger partial charge is 0.474 e. The summed E-state index contributed by atoms with van der Waals surface area (Å²) in [4.78, 5) is 23.9. The first-order valence-corrected chi connectivity index (χ1v) is 12.8. The van der Waals surface area contributed by atoms with Gasteiger partial charge in [-0.25, -0.2) is 19.2 Å². The van der Waals surface area contributed by atoms with E-state index in [4.69, 9.17) is 18.9 Å². The number of piperidine rings is 1. The Balaban J connectivity index is 1.26. The lowest BCUT2D eigenvalue weighted by Gasteiger charge is -2.47. The summed E-state index contributed by atoms with van der Waals surface area (Å²) in [7, 11) is 0. The summed E-state index contributed by atoms with van der Waals surface area (Å²) in [5.74, 6) is 0.267. The van der Waals surface area contributed by atoms with Crippen molar-refractivity contribution in [2.75, 3.05) is 19.5 Å². The molecule has 2 aliphatic heterocycles. The van der Waals surface area contributed by atoms with Crippen LogP contribution in [0.2, 0.25) is 0 Å². The zero-order valence-electron chi connectivity index (χ0n) is 19.2. The number of nitrogens with zero attached hydrogens (tertiary/aromatic N) is 3. The average molecular weight is 490 g/mol. The molecule has 1 aromatic heterocycles. The van der Waals surface area contributed by atoms with Gasteiger partial charge in [0, 0.05) is 17.7 Å². The van der Waals surface area contributed by atoms with E-state index >= 15 is 0 Å². The minimum atomic E-state index is -0.457. The first-order chi connectivity index (χ1) is 16.5. The van der Waals surface area contributed by atoms with E-state index in [0.717, 1.165) is 24.2 Å². The number of morpholine rings is 1. The number of fused-ring (bicyclic) bond motifs is 2. The summed E-state index contributed by atoms with van der Waals surface area (Å²) in [6.07, 6.45) is 7.12. The van der Waals surface area contributed by atoms with Gasteiger partial charge in [0.05, 0.1) is 30.9 Å². The van der Waals surface area contributed by atoms with Gasteiger partial charge >= 0.3 is 6.09 Å². The number of rotatable bonds is 6. The molecule has 3 heterocycles. The third-order valence-electron chi connectivity index (χ3n) is 6.62. The van der Waals surface area contributed by atoms with Gasteiger partial charge in [-0.1, -0.05) is 0 Å². The van der Waals surface area contributed by atoms with Crippen molar-refractivity contribution in [3.8, 4) is 17.5 Å². The monoisotopic (exact) mass is 489 g/mol. The molecule has 2 unspecified atom stereocenters. The van der Waals surface area contributed by atoms with E-state index in [9.17, 15) is 9.18 Å². The molecule has 3 aliphatic rings. The Morgan fingerprint density at radius 3 is 2.53 bits per heavy atom. The molecule has 10 heteroatoms. The molecule has 3 fully saturated rings. The molecular formula is C24H28FN3O5S. The van der Waals surface area contributed by atoms with E-state index in [1.807, 2.05) is 11.2 Å². The zero-order chi connectivity index (χ0) is 23.7. The normalized spacial score (nSPS) is 24.3. The number of ether oxygens (including phenoxy) is 4. The number of thioether (sulfide) groups is 1. The van der Waals surface area contributed by atoms with Gasteiger partial charge in [-0.2, -0.15) is 0 Å². The van der Waals surface area contributed by atoms with Crippen LogP contribution in [0.25, 0.3) is 0 Å². The second kappa shape index (κ2) is 9.95. The van der Waals surface area contributed by atoms with Crippen LogP contribution >= 0.6 is 11.8 Å². The molecule has 0 radical (unpaired) electrons. The number of amides is 1. The van der Waals surface area contributed by atoms with Gasteiger partial charge < -0.3 is 18.9 Å². The fourth-order valence-corrected chi connectivity index (χ4v) is 4.97. The van der Waals surface area contributed by atoms with Crippen LogP contribution in [-0.2, 0) is 9.47 Å². The van der Waals surface area contributed by atoms with Crippen molar-refractivity contribution in [1.29, 1.82) is 0 Å². The number of hydrogen-bond donors (Lipinski definition) is 0. The van der Waals surface area contributed by atoms with Gasteiger partial charge in [-0.15, -0.1) is 11.8 Å². The highest BCUT2D eigenvalue weighted by Crippen LogP contribution is 2.35.